The summed E-state index contributed by atoms with van der Waals surface area (Å²) in [6.45, 7) is 2.98. The fourth-order valence-corrected chi connectivity index (χ4v) is 2.68. The lowest BCUT2D eigenvalue weighted by Gasteiger charge is -2.30. The average Bonchev–Trinajstić information content (AvgIpc) is 2.47. The Morgan fingerprint density at radius 1 is 1.32 bits per heavy atom. The minimum atomic E-state index is 0.0601. The predicted molar refractivity (Wildman–Crippen MR) is 78.0 cm³/mol. The van der Waals surface area contributed by atoms with Crippen molar-refractivity contribution in [3.63, 3.8) is 0 Å². The van der Waals surface area contributed by atoms with Gasteiger partial charge in [-0.05, 0) is 30.5 Å². The number of hydrogen-bond acceptors (Lipinski definition) is 3. The highest BCUT2D eigenvalue weighted by Gasteiger charge is 2.25. The molecule has 1 aromatic heterocycles. The molecule has 0 unspecified atom stereocenters. The van der Waals surface area contributed by atoms with Crippen LogP contribution in [0.1, 0.15) is 22.9 Å². The molecule has 1 aliphatic heterocycles. The molecular formula is C16H19N3. The molecule has 0 aliphatic carbocycles. The first-order valence-corrected chi connectivity index (χ1v) is 6.74. The summed E-state index contributed by atoms with van der Waals surface area (Å²) in [5.41, 5.74) is 11.1. The van der Waals surface area contributed by atoms with Crippen LogP contribution in [0.3, 0.4) is 0 Å². The van der Waals surface area contributed by atoms with E-state index in [-0.39, 0.29) is 6.04 Å². The number of pyridine rings is 1. The van der Waals surface area contributed by atoms with Crippen molar-refractivity contribution in [1.29, 1.82) is 0 Å². The molecule has 3 N–H and O–H groups in total. The number of rotatable bonds is 2. The van der Waals surface area contributed by atoms with E-state index in [9.17, 15) is 0 Å². The van der Waals surface area contributed by atoms with Crippen molar-refractivity contribution in [2.45, 2.75) is 19.4 Å². The highest BCUT2D eigenvalue weighted by atomic mass is 14.9. The Bertz CT molecular complexity index is 565. The lowest BCUT2D eigenvalue weighted by atomic mass is 9.87. The summed E-state index contributed by atoms with van der Waals surface area (Å²) in [6.07, 6.45) is 2.87. The fraction of sp³-hybridized carbons (Fsp3) is 0.312. The lowest BCUT2D eigenvalue weighted by Crippen LogP contribution is -2.33. The number of nitrogens with two attached hydrogens (primary N) is 1. The molecule has 0 radical (unpaired) electrons. The minimum Gasteiger partial charge on any atom is -0.383 e. The summed E-state index contributed by atoms with van der Waals surface area (Å²) in [5, 5.41) is 3.46. The molecule has 19 heavy (non-hydrogen) atoms. The topological polar surface area (TPSA) is 50.9 Å². The normalized spacial score (nSPS) is 19.4. The number of fused-ring (bicyclic) bond motifs is 1. The molecule has 98 valence electrons. The second-order valence-corrected chi connectivity index (χ2v) is 5.29. The van der Waals surface area contributed by atoms with E-state index in [4.69, 9.17) is 5.73 Å². The van der Waals surface area contributed by atoms with Gasteiger partial charge < -0.3 is 11.1 Å². The summed E-state index contributed by atoms with van der Waals surface area (Å²) in [5.74, 6) is 0.394. The van der Waals surface area contributed by atoms with Gasteiger partial charge in [0.05, 0.1) is 11.4 Å². The van der Waals surface area contributed by atoms with E-state index in [1.54, 1.807) is 0 Å². The van der Waals surface area contributed by atoms with Gasteiger partial charge in [-0.3, -0.25) is 4.98 Å². The maximum absolute atomic E-state index is 6.39. The zero-order valence-electron chi connectivity index (χ0n) is 11.1. The minimum absolute atomic E-state index is 0.0601. The standard InChI is InChI=1S/C16H19N3/c1-11-7-14-15(18-9-11)8-13(10-19-14)16(17)12-5-3-2-4-6-12/h2-7,9,13,16,19H,8,10,17H2,1H3/t13-,16-/m1/s1. The molecule has 1 aromatic carbocycles. The van der Waals surface area contributed by atoms with Crippen LogP contribution in [0.2, 0.25) is 0 Å². The van der Waals surface area contributed by atoms with Gasteiger partial charge in [0.2, 0.25) is 0 Å². The molecule has 1 aliphatic rings. The Balaban J connectivity index is 1.80. The number of benzene rings is 1. The summed E-state index contributed by atoms with van der Waals surface area (Å²) >= 11 is 0. The van der Waals surface area contributed by atoms with Crippen molar-refractivity contribution in [1.82, 2.24) is 4.98 Å². The molecule has 3 heteroatoms. The van der Waals surface area contributed by atoms with Gasteiger partial charge in [-0.1, -0.05) is 30.3 Å². The van der Waals surface area contributed by atoms with Gasteiger partial charge in [-0.15, -0.1) is 0 Å². The van der Waals surface area contributed by atoms with E-state index < -0.39 is 0 Å². The number of nitrogens with zero attached hydrogens (tertiary/aromatic N) is 1. The fourth-order valence-electron chi connectivity index (χ4n) is 2.68. The number of anilines is 1. The summed E-state index contributed by atoms with van der Waals surface area (Å²) in [7, 11) is 0. The zero-order valence-corrected chi connectivity index (χ0v) is 11.1. The third-order valence-electron chi connectivity index (χ3n) is 3.81. The van der Waals surface area contributed by atoms with Crippen molar-refractivity contribution >= 4 is 5.69 Å². The van der Waals surface area contributed by atoms with Gasteiger partial charge in [0, 0.05) is 24.7 Å². The van der Waals surface area contributed by atoms with Crippen LogP contribution < -0.4 is 11.1 Å². The Labute approximate surface area is 113 Å². The first-order chi connectivity index (χ1) is 9.24. The van der Waals surface area contributed by atoms with Crippen molar-refractivity contribution < 1.29 is 0 Å². The van der Waals surface area contributed by atoms with Crippen LogP contribution in [0.4, 0.5) is 5.69 Å². The van der Waals surface area contributed by atoms with Crippen LogP contribution >= 0.6 is 0 Å². The molecule has 2 atom stereocenters. The molecule has 3 rings (SSSR count). The molecule has 0 amide bonds. The average molecular weight is 253 g/mol. The largest absolute Gasteiger partial charge is 0.383 e. The quantitative estimate of drug-likeness (QED) is 0.865. The Morgan fingerprint density at radius 3 is 2.89 bits per heavy atom. The van der Waals surface area contributed by atoms with E-state index in [0.29, 0.717) is 5.92 Å². The van der Waals surface area contributed by atoms with Crippen LogP contribution in [0.15, 0.2) is 42.6 Å². The Morgan fingerprint density at radius 2 is 2.11 bits per heavy atom. The number of nitrogens with one attached hydrogen (secondary N) is 1. The van der Waals surface area contributed by atoms with Crippen molar-refractivity contribution in [2.24, 2.45) is 11.7 Å². The zero-order chi connectivity index (χ0) is 13.2. The monoisotopic (exact) mass is 253 g/mol. The maximum Gasteiger partial charge on any atom is 0.0638 e. The SMILES string of the molecule is Cc1cnc2c(c1)NC[C@H]([C@H](N)c1ccccc1)C2. The van der Waals surface area contributed by atoms with E-state index in [1.807, 2.05) is 24.4 Å². The van der Waals surface area contributed by atoms with Gasteiger partial charge in [0.1, 0.15) is 0 Å². The third-order valence-corrected chi connectivity index (χ3v) is 3.81. The molecule has 0 spiro atoms. The molecule has 0 fully saturated rings. The van der Waals surface area contributed by atoms with E-state index in [2.05, 4.69) is 35.4 Å². The molecule has 0 saturated carbocycles. The van der Waals surface area contributed by atoms with Crippen LogP contribution in [-0.4, -0.2) is 11.5 Å². The third kappa shape index (κ3) is 2.47. The first kappa shape index (κ1) is 12.2. The Kier molecular flexibility index (Phi) is 3.22. The molecular weight excluding hydrogens is 234 g/mol. The second kappa shape index (κ2) is 5.02. The predicted octanol–water partition coefficient (Wildman–Crippen LogP) is 2.67. The molecule has 2 heterocycles. The van der Waals surface area contributed by atoms with Gasteiger partial charge in [-0.25, -0.2) is 0 Å². The molecule has 0 bridgehead atoms. The van der Waals surface area contributed by atoms with E-state index >= 15 is 0 Å². The molecule has 2 aromatic rings. The smallest absolute Gasteiger partial charge is 0.0638 e. The second-order valence-electron chi connectivity index (χ2n) is 5.29. The molecule has 0 saturated heterocycles. The highest BCUT2D eigenvalue weighted by molar-refractivity contribution is 5.51. The van der Waals surface area contributed by atoms with E-state index in [1.165, 1.54) is 11.1 Å². The summed E-state index contributed by atoms with van der Waals surface area (Å²) < 4.78 is 0. The van der Waals surface area contributed by atoms with Gasteiger partial charge in [0.25, 0.3) is 0 Å². The Hall–Kier alpha value is -1.87. The number of aromatic nitrogens is 1. The van der Waals surface area contributed by atoms with Crippen LogP contribution in [-0.2, 0) is 6.42 Å². The lowest BCUT2D eigenvalue weighted by molar-refractivity contribution is 0.435. The van der Waals surface area contributed by atoms with Crippen LogP contribution in [0.5, 0.6) is 0 Å². The highest BCUT2D eigenvalue weighted by Crippen LogP contribution is 2.30. The first-order valence-electron chi connectivity index (χ1n) is 6.74. The maximum atomic E-state index is 6.39. The van der Waals surface area contributed by atoms with Crippen LogP contribution in [0, 0.1) is 12.8 Å². The van der Waals surface area contributed by atoms with Gasteiger partial charge in [-0.2, -0.15) is 0 Å². The van der Waals surface area contributed by atoms with Crippen molar-refractivity contribution in [3.8, 4) is 0 Å². The van der Waals surface area contributed by atoms with E-state index in [0.717, 1.165) is 24.3 Å². The number of aryl methyl sites for hydroxylation is 1. The molecule has 3 nitrogen and oxygen atoms in total. The number of hydrogen-bond donors (Lipinski definition) is 2. The van der Waals surface area contributed by atoms with Crippen molar-refractivity contribution in [3.05, 3.63) is 59.4 Å². The summed E-state index contributed by atoms with van der Waals surface area (Å²) in [6, 6.07) is 12.5. The van der Waals surface area contributed by atoms with Gasteiger partial charge >= 0.3 is 0 Å². The van der Waals surface area contributed by atoms with Crippen LogP contribution in [0.25, 0.3) is 0 Å². The van der Waals surface area contributed by atoms with Crippen molar-refractivity contribution in [2.75, 3.05) is 11.9 Å². The summed E-state index contributed by atoms with van der Waals surface area (Å²) in [4.78, 5) is 4.53. The van der Waals surface area contributed by atoms with Gasteiger partial charge in [0.15, 0.2) is 0 Å².